The minimum absolute atomic E-state index is 0.0989. The molecule has 2 saturated heterocycles. The van der Waals surface area contributed by atoms with Crippen LogP contribution >= 0.6 is 0 Å². The molecule has 4 nitrogen and oxygen atoms in total. The Labute approximate surface area is 147 Å². The number of carbonyl (C=O) groups is 1. The van der Waals surface area contributed by atoms with Gasteiger partial charge in [0.15, 0.2) is 0 Å². The van der Waals surface area contributed by atoms with Crippen LogP contribution in [0.1, 0.15) is 28.8 Å². The quantitative estimate of drug-likeness (QED) is 0.863. The Bertz CT molecular complexity index is 749. The summed E-state index contributed by atoms with van der Waals surface area (Å²) < 4.78 is 13.8. The molecule has 5 heteroatoms. The van der Waals surface area contributed by atoms with Crippen molar-refractivity contribution < 1.29 is 9.18 Å². The maximum Gasteiger partial charge on any atom is 0.254 e. The summed E-state index contributed by atoms with van der Waals surface area (Å²) in [5, 5.41) is 0. The molecule has 2 aromatic rings. The van der Waals surface area contributed by atoms with Crippen molar-refractivity contribution in [1.29, 1.82) is 0 Å². The van der Waals surface area contributed by atoms with Crippen LogP contribution in [0.5, 0.6) is 0 Å². The summed E-state index contributed by atoms with van der Waals surface area (Å²) >= 11 is 0. The number of likely N-dealkylation sites (tertiary alicyclic amines) is 2. The van der Waals surface area contributed by atoms with Crippen molar-refractivity contribution in [2.24, 2.45) is 5.41 Å². The van der Waals surface area contributed by atoms with E-state index in [0.717, 1.165) is 44.6 Å². The summed E-state index contributed by atoms with van der Waals surface area (Å²) in [4.78, 5) is 20.7. The van der Waals surface area contributed by atoms with Crippen molar-refractivity contribution in [3.8, 4) is 0 Å². The highest BCUT2D eigenvalue weighted by Gasteiger charge is 2.46. The van der Waals surface area contributed by atoms with Gasteiger partial charge < -0.3 is 4.90 Å². The van der Waals surface area contributed by atoms with E-state index in [0.29, 0.717) is 12.1 Å². The maximum atomic E-state index is 13.8. The molecule has 0 unspecified atom stereocenters. The number of amides is 1. The van der Waals surface area contributed by atoms with Gasteiger partial charge in [-0.05, 0) is 44.1 Å². The Kier molecular flexibility index (Phi) is 4.25. The fourth-order valence-corrected chi connectivity index (χ4v) is 3.95. The normalized spacial score (nSPS) is 19.6. The molecule has 1 spiro atoms. The van der Waals surface area contributed by atoms with Gasteiger partial charge in [-0.2, -0.15) is 0 Å². The fourth-order valence-electron chi connectivity index (χ4n) is 3.95. The van der Waals surface area contributed by atoms with Crippen LogP contribution in [0.15, 0.2) is 48.8 Å². The SMILES string of the molecule is O=C(c1ccncc1)N1CC2(CCN(Cc3ccccc3F)CC2)C1. The van der Waals surface area contributed by atoms with Crippen molar-refractivity contribution in [2.45, 2.75) is 19.4 Å². The Morgan fingerprint density at radius 2 is 1.76 bits per heavy atom. The van der Waals surface area contributed by atoms with Gasteiger partial charge in [-0.1, -0.05) is 18.2 Å². The van der Waals surface area contributed by atoms with E-state index in [-0.39, 0.29) is 17.1 Å². The molecule has 4 rings (SSSR count). The zero-order chi connectivity index (χ0) is 17.3. The molecule has 1 aromatic carbocycles. The standard InChI is InChI=1S/C20H22FN3O/c21-18-4-2-1-3-17(18)13-23-11-7-20(8-12-23)14-24(15-20)19(25)16-5-9-22-10-6-16/h1-6,9-10H,7-8,11-15H2. The molecule has 0 radical (unpaired) electrons. The predicted molar refractivity (Wildman–Crippen MR) is 93.5 cm³/mol. The van der Waals surface area contributed by atoms with Crippen LogP contribution in [0, 0.1) is 11.2 Å². The third-order valence-electron chi connectivity index (χ3n) is 5.54. The van der Waals surface area contributed by atoms with Gasteiger partial charge in [0, 0.05) is 48.6 Å². The highest BCUT2D eigenvalue weighted by molar-refractivity contribution is 5.94. The molecule has 0 bridgehead atoms. The van der Waals surface area contributed by atoms with E-state index < -0.39 is 0 Å². The van der Waals surface area contributed by atoms with E-state index >= 15 is 0 Å². The first-order chi connectivity index (χ1) is 12.2. The molecular formula is C20H22FN3O. The molecule has 1 amide bonds. The largest absolute Gasteiger partial charge is 0.337 e. The zero-order valence-corrected chi connectivity index (χ0v) is 14.2. The number of pyridine rings is 1. The third kappa shape index (κ3) is 3.29. The van der Waals surface area contributed by atoms with E-state index in [9.17, 15) is 9.18 Å². The first-order valence-corrected chi connectivity index (χ1v) is 8.80. The minimum Gasteiger partial charge on any atom is -0.337 e. The number of halogens is 1. The first kappa shape index (κ1) is 16.2. The summed E-state index contributed by atoms with van der Waals surface area (Å²) in [5.41, 5.74) is 1.73. The summed E-state index contributed by atoms with van der Waals surface area (Å²) in [6.07, 6.45) is 5.46. The summed E-state index contributed by atoms with van der Waals surface area (Å²) in [6, 6.07) is 10.5. The lowest BCUT2D eigenvalue weighted by atomic mass is 9.71. The van der Waals surface area contributed by atoms with Crippen molar-refractivity contribution in [2.75, 3.05) is 26.2 Å². The second-order valence-corrected chi connectivity index (χ2v) is 7.26. The second kappa shape index (κ2) is 6.56. The second-order valence-electron chi connectivity index (χ2n) is 7.26. The van der Waals surface area contributed by atoms with Crippen molar-refractivity contribution in [3.05, 3.63) is 65.7 Å². The summed E-state index contributed by atoms with van der Waals surface area (Å²) in [6.45, 7) is 4.27. The molecular weight excluding hydrogens is 317 g/mol. The van der Waals surface area contributed by atoms with Gasteiger partial charge in [0.1, 0.15) is 5.82 Å². The third-order valence-corrected chi connectivity index (χ3v) is 5.54. The molecule has 0 N–H and O–H groups in total. The van der Waals surface area contributed by atoms with Crippen LogP contribution < -0.4 is 0 Å². The Hall–Kier alpha value is -2.27. The monoisotopic (exact) mass is 339 g/mol. The lowest BCUT2D eigenvalue weighted by molar-refractivity contribution is -0.0337. The van der Waals surface area contributed by atoms with Gasteiger partial charge in [-0.3, -0.25) is 14.7 Å². The van der Waals surface area contributed by atoms with E-state index in [1.807, 2.05) is 17.0 Å². The molecule has 1 aromatic heterocycles. The Morgan fingerprint density at radius 3 is 2.44 bits per heavy atom. The van der Waals surface area contributed by atoms with Gasteiger partial charge >= 0.3 is 0 Å². The number of carbonyl (C=O) groups excluding carboxylic acids is 1. The van der Waals surface area contributed by atoms with Crippen LogP contribution in [-0.4, -0.2) is 46.9 Å². The zero-order valence-electron chi connectivity index (χ0n) is 14.2. The molecule has 0 atom stereocenters. The Balaban J connectivity index is 1.30. The minimum atomic E-state index is -0.124. The van der Waals surface area contributed by atoms with E-state index in [4.69, 9.17) is 0 Å². The van der Waals surface area contributed by atoms with Crippen LogP contribution in [0.25, 0.3) is 0 Å². The van der Waals surface area contributed by atoms with Crippen molar-refractivity contribution in [1.82, 2.24) is 14.8 Å². The highest BCUT2D eigenvalue weighted by Crippen LogP contribution is 2.41. The van der Waals surface area contributed by atoms with Gasteiger partial charge in [-0.15, -0.1) is 0 Å². The number of piperidine rings is 1. The average Bonchev–Trinajstić information content (AvgIpc) is 2.63. The molecule has 0 aliphatic carbocycles. The fraction of sp³-hybridized carbons (Fsp3) is 0.400. The van der Waals surface area contributed by atoms with Crippen molar-refractivity contribution >= 4 is 5.91 Å². The number of benzene rings is 1. The molecule has 3 heterocycles. The number of rotatable bonds is 3. The first-order valence-electron chi connectivity index (χ1n) is 8.80. The van der Waals surface area contributed by atoms with E-state index in [1.165, 1.54) is 6.07 Å². The van der Waals surface area contributed by atoms with Crippen LogP contribution in [-0.2, 0) is 6.54 Å². The summed E-state index contributed by atoms with van der Waals surface area (Å²) in [7, 11) is 0. The van der Waals surface area contributed by atoms with Gasteiger partial charge in [0.05, 0.1) is 0 Å². The van der Waals surface area contributed by atoms with Crippen LogP contribution in [0.4, 0.5) is 4.39 Å². The van der Waals surface area contributed by atoms with Crippen LogP contribution in [0.3, 0.4) is 0 Å². The molecule has 25 heavy (non-hydrogen) atoms. The van der Waals surface area contributed by atoms with E-state index in [1.54, 1.807) is 30.6 Å². The van der Waals surface area contributed by atoms with Crippen LogP contribution in [0.2, 0.25) is 0 Å². The topological polar surface area (TPSA) is 36.4 Å². The molecule has 2 aliphatic rings. The Morgan fingerprint density at radius 1 is 1.08 bits per heavy atom. The number of hydrogen-bond acceptors (Lipinski definition) is 3. The highest BCUT2D eigenvalue weighted by atomic mass is 19.1. The molecule has 0 saturated carbocycles. The van der Waals surface area contributed by atoms with Gasteiger partial charge in [-0.25, -0.2) is 4.39 Å². The molecule has 2 fully saturated rings. The predicted octanol–water partition coefficient (Wildman–Crippen LogP) is 2.96. The van der Waals surface area contributed by atoms with Crippen molar-refractivity contribution in [3.63, 3.8) is 0 Å². The molecule has 2 aliphatic heterocycles. The van der Waals surface area contributed by atoms with E-state index in [2.05, 4.69) is 9.88 Å². The number of hydrogen-bond donors (Lipinski definition) is 0. The number of aromatic nitrogens is 1. The lowest BCUT2D eigenvalue weighted by Gasteiger charge is -2.54. The van der Waals surface area contributed by atoms with Gasteiger partial charge in [0.2, 0.25) is 0 Å². The van der Waals surface area contributed by atoms with Gasteiger partial charge in [0.25, 0.3) is 5.91 Å². The molecule has 130 valence electrons. The number of nitrogens with zero attached hydrogens (tertiary/aromatic N) is 3. The smallest absolute Gasteiger partial charge is 0.254 e. The lowest BCUT2D eigenvalue weighted by Crippen LogP contribution is -2.61. The average molecular weight is 339 g/mol. The summed E-state index contributed by atoms with van der Waals surface area (Å²) in [5.74, 6) is -0.0256. The maximum absolute atomic E-state index is 13.8.